The number of carboxylic acids is 2. The van der Waals surface area contributed by atoms with E-state index >= 15 is 0 Å². The second-order valence-corrected chi connectivity index (χ2v) is 16.4. The van der Waals surface area contributed by atoms with Crippen molar-refractivity contribution in [1.82, 2.24) is 0 Å². The van der Waals surface area contributed by atoms with Crippen molar-refractivity contribution >= 4 is 33.5 Å². The number of aromatic carboxylic acids is 2. The zero-order valence-corrected chi connectivity index (χ0v) is 39.2. The molecule has 2 aliphatic heterocycles. The van der Waals surface area contributed by atoms with E-state index in [9.17, 15) is 19.8 Å². The van der Waals surface area contributed by atoms with Crippen LogP contribution in [0.4, 0.5) is 0 Å². The van der Waals surface area contributed by atoms with Crippen LogP contribution in [-0.2, 0) is 45.0 Å². The number of hydrogen-bond donors (Lipinski definition) is 2. The van der Waals surface area contributed by atoms with Crippen LogP contribution in [0, 0.1) is 0 Å². The monoisotopic (exact) mass is 934 g/mol. The van der Waals surface area contributed by atoms with E-state index < -0.39 is 34.6 Å². The van der Waals surface area contributed by atoms with Gasteiger partial charge in [0.2, 0.25) is 0 Å². The molecule has 0 atom stereocenters. The molecule has 0 unspecified atom stereocenters. The van der Waals surface area contributed by atoms with Crippen LogP contribution in [0.1, 0.15) is 56.8 Å². The smallest absolute Gasteiger partial charge is 0.343 e. The molecule has 2 heterocycles. The van der Waals surface area contributed by atoms with Crippen molar-refractivity contribution in [2.45, 2.75) is 51.5 Å². The molecule has 2 aliphatic rings. The van der Waals surface area contributed by atoms with Gasteiger partial charge < -0.3 is 67.1 Å². The summed E-state index contributed by atoms with van der Waals surface area (Å²) in [6.45, 7) is 5.07. The molecule has 6 aromatic carbocycles. The Kier molecular flexibility index (Phi) is 13.8. The number of carbonyl (C=O) groups is 2. The van der Waals surface area contributed by atoms with Gasteiger partial charge in [0, 0.05) is 45.9 Å². The average Bonchev–Trinajstić information content (AvgIpc) is 3.98. The highest BCUT2D eigenvalue weighted by atomic mass is 16.7. The summed E-state index contributed by atoms with van der Waals surface area (Å²) >= 11 is 0. The lowest BCUT2D eigenvalue weighted by Crippen LogP contribution is -2.28. The van der Waals surface area contributed by atoms with Gasteiger partial charge in [0.25, 0.3) is 0 Å². The molecule has 358 valence electrons. The molecule has 6 aromatic rings. The maximum atomic E-state index is 13.8. The van der Waals surface area contributed by atoms with E-state index in [0.717, 1.165) is 11.1 Å². The largest absolute Gasteiger partial charge is 0.495 e. The fourth-order valence-electron chi connectivity index (χ4n) is 9.34. The first-order valence-corrected chi connectivity index (χ1v) is 21.8. The SMILES string of the molecule is COc1c(C(=O)O)c(OC)c2c(OCc3ccccc3)c(OC)c(CC3(C)OCCO3)cc2c1-c1c(OC)c(C(=O)O)c(OC)c2c(OCc3ccccc3)c(OC)c(CC3(C)OCCO3)cc12. The Balaban J connectivity index is 1.60. The number of ether oxygens (including phenoxy) is 12. The molecule has 68 heavy (non-hydrogen) atoms. The highest BCUT2D eigenvalue weighted by molar-refractivity contribution is 6.22. The quantitative estimate of drug-likeness (QED) is 0.0784. The van der Waals surface area contributed by atoms with Gasteiger partial charge in [0.15, 0.2) is 34.6 Å². The predicted molar refractivity (Wildman–Crippen MR) is 250 cm³/mol. The van der Waals surface area contributed by atoms with Crippen LogP contribution in [0.5, 0.6) is 46.0 Å². The van der Waals surface area contributed by atoms with Gasteiger partial charge in [-0.2, -0.15) is 0 Å². The normalized spacial score (nSPS) is 15.0. The third-order valence-corrected chi connectivity index (χ3v) is 12.2. The highest BCUT2D eigenvalue weighted by Crippen LogP contribution is 2.59. The van der Waals surface area contributed by atoms with Gasteiger partial charge in [-0.1, -0.05) is 60.7 Å². The molecular formula is C52H54O16. The average molecular weight is 935 g/mol. The number of methoxy groups -OCH3 is 6. The fraction of sp³-hybridized carbons (Fsp3) is 0.346. The van der Waals surface area contributed by atoms with Gasteiger partial charge in [0.1, 0.15) is 47.3 Å². The Bertz CT molecular complexity index is 2650. The van der Waals surface area contributed by atoms with Gasteiger partial charge in [-0.15, -0.1) is 0 Å². The van der Waals surface area contributed by atoms with Crippen LogP contribution in [-0.4, -0.2) is 103 Å². The summed E-state index contributed by atoms with van der Waals surface area (Å²) in [5.41, 5.74) is 2.08. The summed E-state index contributed by atoms with van der Waals surface area (Å²) in [5, 5.41) is 23.5. The topological polar surface area (TPSA) is 185 Å². The maximum Gasteiger partial charge on any atom is 0.343 e. The summed E-state index contributed by atoms with van der Waals surface area (Å²) in [5.74, 6) is -4.91. The standard InChI is InChI=1S/C52H54O16/c1-51(65-19-20-66-51)25-31-23-33-35(43(59-5)39(49(53)54)45(61-7)37(33)47(41(31)57-3)63-27-29-15-11-9-12-16-29)36-34-24-32(26-52(2)67-21-22-68-52)42(58-4)48(64-28-30-17-13-10-14-18-30)38(34)46(62-8)40(50(55)56)44(36)60-6/h9-18,23-24H,19-22,25-28H2,1-8H3,(H,53,54)(H,55,56). The van der Waals surface area contributed by atoms with Gasteiger partial charge in [-0.25, -0.2) is 9.59 Å². The van der Waals surface area contributed by atoms with Gasteiger partial charge in [-0.05, 0) is 37.1 Å². The summed E-state index contributed by atoms with van der Waals surface area (Å²) in [6, 6.07) is 22.4. The first-order valence-electron chi connectivity index (χ1n) is 21.8. The second kappa shape index (κ2) is 19.7. The number of benzene rings is 6. The van der Waals surface area contributed by atoms with Crippen molar-refractivity contribution in [1.29, 1.82) is 0 Å². The minimum atomic E-state index is -1.42. The summed E-state index contributed by atoms with van der Waals surface area (Å²) in [7, 11) is 8.30. The number of carboxylic acid groups (broad SMARTS) is 2. The molecule has 16 nitrogen and oxygen atoms in total. The molecule has 0 spiro atoms. The summed E-state index contributed by atoms with van der Waals surface area (Å²) in [6.07, 6.45) is 0.272. The minimum Gasteiger partial charge on any atom is -0.495 e. The zero-order valence-electron chi connectivity index (χ0n) is 39.2. The molecule has 0 aromatic heterocycles. The summed E-state index contributed by atoms with van der Waals surface area (Å²) in [4.78, 5) is 27.7. The van der Waals surface area contributed by atoms with Crippen LogP contribution in [0.15, 0.2) is 72.8 Å². The van der Waals surface area contributed by atoms with Crippen LogP contribution >= 0.6 is 0 Å². The summed E-state index contributed by atoms with van der Waals surface area (Å²) < 4.78 is 74.8. The number of hydrogen-bond acceptors (Lipinski definition) is 14. The third-order valence-electron chi connectivity index (χ3n) is 12.2. The molecule has 8 rings (SSSR count). The van der Waals surface area contributed by atoms with Crippen molar-refractivity contribution in [2.75, 3.05) is 69.1 Å². The van der Waals surface area contributed by atoms with Crippen LogP contribution in [0.2, 0.25) is 0 Å². The van der Waals surface area contributed by atoms with Crippen molar-refractivity contribution in [3.63, 3.8) is 0 Å². The van der Waals surface area contributed by atoms with Crippen molar-refractivity contribution in [3.05, 3.63) is 106 Å². The second-order valence-electron chi connectivity index (χ2n) is 16.4. The van der Waals surface area contributed by atoms with E-state index in [-0.39, 0.29) is 94.0 Å². The van der Waals surface area contributed by atoms with E-state index in [1.54, 1.807) is 12.1 Å². The van der Waals surface area contributed by atoms with Gasteiger partial charge >= 0.3 is 11.9 Å². The first kappa shape index (κ1) is 47.5. The van der Waals surface area contributed by atoms with Crippen molar-refractivity contribution in [2.24, 2.45) is 0 Å². The third kappa shape index (κ3) is 8.71. The molecule has 0 saturated carbocycles. The maximum absolute atomic E-state index is 13.8. The van der Waals surface area contributed by atoms with Crippen molar-refractivity contribution in [3.8, 4) is 57.1 Å². The van der Waals surface area contributed by atoms with E-state index in [1.165, 1.54) is 42.7 Å². The molecule has 0 amide bonds. The highest BCUT2D eigenvalue weighted by Gasteiger charge is 2.40. The lowest BCUT2D eigenvalue weighted by molar-refractivity contribution is -0.140. The Morgan fingerprint density at radius 2 is 0.809 bits per heavy atom. The van der Waals surface area contributed by atoms with Crippen LogP contribution in [0.3, 0.4) is 0 Å². The predicted octanol–water partition coefficient (Wildman–Crippen LogP) is 8.88. The Labute approximate surface area is 393 Å². The van der Waals surface area contributed by atoms with E-state index in [1.807, 2.05) is 74.5 Å². The molecular weight excluding hydrogens is 881 g/mol. The number of rotatable bonds is 19. The lowest BCUT2D eigenvalue weighted by atomic mass is 9.84. The molecule has 2 fully saturated rings. The first-order chi connectivity index (χ1) is 32.8. The van der Waals surface area contributed by atoms with E-state index in [0.29, 0.717) is 48.3 Å². The van der Waals surface area contributed by atoms with Gasteiger partial charge in [0.05, 0.1) is 79.9 Å². The van der Waals surface area contributed by atoms with Gasteiger partial charge in [-0.3, -0.25) is 0 Å². The molecule has 0 bridgehead atoms. The lowest BCUT2D eigenvalue weighted by Gasteiger charge is -2.29. The number of fused-ring (bicyclic) bond motifs is 2. The van der Waals surface area contributed by atoms with Crippen LogP contribution in [0.25, 0.3) is 32.7 Å². The Hall–Kier alpha value is -6.98. The van der Waals surface area contributed by atoms with E-state index in [2.05, 4.69) is 0 Å². The molecule has 0 radical (unpaired) electrons. The molecule has 2 saturated heterocycles. The fourth-order valence-corrected chi connectivity index (χ4v) is 9.34. The molecule has 16 heteroatoms. The van der Waals surface area contributed by atoms with E-state index in [4.69, 9.17) is 56.8 Å². The Morgan fingerprint density at radius 3 is 1.10 bits per heavy atom. The van der Waals surface area contributed by atoms with Crippen LogP contribution < -0.4 is 37.9 Å². The molecule has 2 N–H and O–H groups in total. The van der Waals surface area contributed by atoms with Crippen molar-refractivity contribution < 1.29 is 76.6 Å². The zero-order chi connectivity index (χ0) is 48.3. The Morgan fingerprint density at radius 1 is 0.485 bits per heavy atom. The minimum absolute atomic E-state index is 0.0269. The molecule has 0 aliphatic carbocycles.